The fourth-order valence-electron chi connectivity index (χ4n) is 2.82. The number of Topliss-reactive ketones (excluding diaryl/α,β-unsaturated/α-hetero) is 1. The zero-order valence-electron chi connectivity index (χ0n) is 16.1. The molecule has 0 spiro atoms. The fraction of sp³-hybridized carbons (Fsp3) is 0.167. The van der Waals surface area contributed by atoms with Gasteiger partial charge >= 0.3 is 11.8 Å². The smallest absolute Gasteiger partial charge is 0.375 e. The first kappa shape index (κ1) is 20.5. The second-order valence-corrected chi connectivity index (χ2v) is 6.35. The maximum Gasteiger partial charge on any atom is 0.375 e. The summed E-state index contributed by atoms with van der Waals surface area (Å²) in [5.74, 6) is -3.74. The van der Waals surface area contributed by atoms with Crippen LogP contribution in [0.15, 0.2) is 91.0 Å². The number of hydrogen-bond acceptors (Lipinski definition) is 5. The van der Waals surface area contributed by atoms with E-state index in [0.717, 1.165) is 11.1 Å². The molecule has 0 fully saturated rings. The summed E-state index contributed by atoms with van der Waals surface area (Å²) in [5.41, 5.74) is 1.88. The van der Waals surface area contributed by atoms with Crippen molar-refractivity contribution in [2.24, 2.45) is 0 Å². The van der Waals surface area contributed by atoms with E-state index in [1.165, 1.54) is 7.11 Å². The number of ketones is 1. The molecule has 0 heterocycles. The molecule has 0 aliphatic rings. The topological polar surface area (TPSA) is 61.8 Å². The van der Waals surface area contributed by atoms with Crippen LogP contribution in [0.2, 0.25) is 0 Å². The molecule has 148 valence electrons. The quantitative estimate of drug-likeness (QED) is 0.237. The molecule has 3 rings (SSSR count). The van der Waals surface area contributed by atoms with Gasteiger partial charge in [-0.05, 0) is 11.1 Å². The normalized spacial score (nSPS) is 11.1. The highest BCUT2D eigenvalue weighted by Gasteiger charge is 2.51. The number of esters is 1. The summed E-state index contributed by atoms with van der Waals surface area (Å²) >= 11 is 0. The van der Waals surface area contributed by atoms with Crippen molar-refractivity contribution in [2.45, 2.75) is 19.0 Å². The molecule has 0 radical (unpaired) electrons. The molecule has 0 atom stereocenters. The van der Waals surface area contributed by atoms with E-state index in [4.69, 9.17) is 14.2 Å². The number of methoxy groups -OCH3 is 1. The molecule has 29 heavy (non-hydrogen) atoms. The largest absolute Gasteiger partial charge is 0.465 e. The Morgan fingerprint density at radius 1 is 0.690 bits per heavy atom. The van der Waals surface area contributed by atoms with Crippen molar-refractivity contribution < 1.29 is 23.8 Å². The Hall–Kier alpha value is -3.28. The minimum Gasteiger partial charge on any atom is -0.465 e. The molecule has 5 heteroatoms. The number of rotatable bonds is 9. The van der Waals surface area contributed by atoms with Gasteiger partial charge in [-0.1, -0.05) is 91.0 Å². The predicted molar refractivity (Wildman–Crippen MR) is 108 cm³/mol. The maximum atomic E-state index is 13.4. The van der Waals surface area contributed by atoms with Gasteiger partial charge in [0.15, 0.2) is 0 Å². The van der Waals surface area contributed by atoms with E-state index in [9.17, 15) is 9.59 Å². The Labute approximate surface area is 169 Å². The molecule has 0 aliphatic heterocycles. The Balaban J connectivity index is 1.95. The number of carbonyl (C=O) groups is 2. The Morgan fingerprint density at radius 3 is 1.52 bits per heavy atom. The zero-order valence-corrected chi connectivity index (χ0v) is 16.1. The average Bonchev–Trinajstić information content (AvgIpc) is 2.80. The number of carbonyl (C=O) groups excluding carboxylic acids is 2. The van der Waals surface area contributed by atoms with Gasteiger partial charge < -0.3 is 14.2 Å². The molecule has 0 saturated heterocycles. The molecule has 3 aromatic carbocycles. The van der Waals surface area contributed by atoms with Crippen molar-refractivity contribution in [2.75, 3.05) is 7.11 Å². The van der Waals surface area contributed by atoms with Crippen LogP contribution >= 0.6 is 0 Å². The van der Waals surface area contributed by atoms with Gasteiger partial charge in [-0.2, -0.15) is 0 Å². The van der Waals surface area contributed by atoms with Crippen LogP contribution in [0.5, 0.6) is 0 Å². The first-order chi connectivity index (χ1) is 14.2. The third-order valence-corrected chi connectivity index (χ3v) is 4.36. The molecular weight excluding hydrogens is 368 g/mol. The Kier molecular flexibility index (Phi) is 6.89. The molecular formula is C24H22O5. The van der Waals surface area contributed by atoms with Crippen molar-refractivity contribution in [1.82, 2.24) is 0 Å². The number of benzene rings is 3. The molecule has 0 aliphatic carbocycles. The fourth-order valence-corrected chi connectivity index (χ4v) is 2.82. The minimum absolute atomic E-state index is 0.00328. The van der Waals surface area contributed by atoms with Gasteiger partial charge in [0, 0.05) is 5.56 Å². The highest BCUT2D eigenvalue weighted by molar-refractivity contribution is 6.14. The summed E-state index contributed by atoms with van der Waals surface area (Å²) in [5, 5.41) is 0. The molecule has 0 aromatic heterocycles. The lowest BCUT2D eigenvalue weighted by Gasteiger charge is -2.29. The molecule has 0 saturated carbocycles. The van der Waals surface area contributed by atoms with E-state index in [1.54, 1.807) is 30.3 Å². The summed E-state index contributed by atoms with van der Waals surface area (Å²) in [7, 11) is 1.20. The lowest BCUT2D eigenvalue weighted by molar-refractivity contribution is -0.230. The lowest BCUT2D eigenvalue weighted by atomic mass is 10.0. The molecule has 0 bridgehead atoms. The Morgan fingerprint density at radius 2 is 1.10 bits per heavy atom. The highest BCUT2D eigenvalue weighted by atomic mass is 16.7. The van der Waals surface area contributed by atoms with Crippen molar-refractivity contribution in [3.05, 3.63) is 108 Å². The average molecular weight is 390 g/mol. The van der Waals surface area contributed by atoms with E-state index >= 15 is 0 Å². The van der Waals surface area contributed by atoms with Gasteiger partial charge in [-0.3, -0.25) is 4.79 Å². The van der Waals surface area contributed by atoms with E-state index in [0.29, 0.717) is 5.56 Å². The summed E-state index contributed by atoms with van der Waals surface area (Å²) < 4.78 is 16.6. The van der Waals surface area contributed by atoms with Crippen LogP contribution in [0, 0.1) is 0 Å². The van der Waals surface area contributed by atoms with Gasteiger partial charge in [0.1, 0.15) is 0 Å². The van der Waals surface area contributed by atoms with Gasteiger partial charge in [0.2, 0.25) is 5.78 Å². The summed E-state index contributed by atoms with van der Waals surface area (Å²) in [6.45, 7) is 0.00655. The van der Waals surface area contributed by atoms with E-state index in [2.05, 4.69) is 0 Å². The predicted octanol–water partition coefficient (Wildman–Crippen LogP) is 4.17. The second kappa shape index (κ2) is 9.78. The highest BCUT2D eigenvalue weighted by Crippen LogP contribution is 2.25. The minimum atomic E-state index is -2.22. The zero-order chi connectivity index (χ0) is 20.5. The summed E-state index contributed by atoms with van der Waals surface area (Å²) in [6.07, 6.45) is 0. The lowest BCUT2D eigenvalue weighted by Crippen LogP contribution is -2.52. The SMILES string of the molecule is COC(=O)C(OCc1ccccc1)(OCc1ccccc1)C(=O)c1ccccc1. The standard InChI is InChI=1S/C24H22O5/c1-27-23(26)24(22(25)21-15-9-4-10-16-21,28-17-19-11-5-2-6-12-19)29-18-20-13-7-3-8-14-20/h2-16H,17-18H2,1H3. The van der Waals surface area contributed by atoms with Crippen LogP contribution in [0.1, 0.15) is 21.5 Å². The van der Waals surface area contributed by atoms with Crippen LogP contribution in [0.4, 0.5) is 0 Å². The van der Waals surface area contributed by atoms with Crippen molar-refractivity contribution in [3.8, 4) is 0 Å². The third-order valence-electron chi connectivity index (χ3n) is 4.36. The van der Waals surface area contributed by atoms with E-state index in [1.807, 2.05) is 60.7 Å². The molecule has 5 nitrogen and oxygen atoms in total. The van der Waals surface area contributed by atoms with E-state index < -0.39 is 17.5 Å². The van der Waals surface area contributed by atoms with Crippen molar-refractivity contribution >= 4 is 11.8 Å². The van der Waals surface area contributed by atoms with Crippen LogP contribution in [-0.2, 0) is 32.2 Å². The van der Waals surface area contributed by atoms with Crippen molar-refractivity contribution in [3.63, 3.8) is 0 Å². The van der Waals surface area contributed by atoms with Gasteiger partial charge in [-0.25, -0.2) is 4.79 Å². The van der Waals surface area contributed by atoms with Gasteiger partial charge in [-0.15, -0.1) is 0 Å². The van der Waals surface area contributed by atoms with Crippen LogP contribution < -0.4 is 0 Å². The molecule has 0 N–H and O–H groups in total. The van der Waals surface area contributed by atoms with Gasteiger partial charge in [0.25, 0.3) is 0 Å². The maximum absolute atomic E-state index is 13.4. The van der Waals surface area contributed by atoms with Crippen LogP contribution in [0.25, 0.3) is 0 Å². The van der Waals surface area contributed by atoms with Crippen molar-refractivity contribution in [1.29, 1.82) is 0 Å². The van der Waals surface area contributed by atoms with Gasteiger partial charge in [0.05, 0.1) is 20.3 Å². The number of ether oxygens (including phenoxy) is 3. The number of hydrogen-bond donors (Lipinski definition) is 0. The summed E-state index contributed by atoms with van der Waals surface area (Å²) in [6, 6.07) is 26.9. The first-order valence-corrected chi connectivity index (χ1v) is 9.20. The summed E-state index contributed by atoms with van der Waals surface area (Å²) in [4.78, 5) is 26.2. The second-order valence-electron chi connectivity index (χ2n) is 6.35. The molecule has 0 amide bonds. The third kappa shape index (κ3) is 4.96. The monoisotopic (exact) mass is 390 g/mol. The molecule has 0 unspecified atom stereocenters. The van der Waals surface area contributed by atoms with Crippen LogP contribution in [0.3, 0.4) is 0 Å². The Bertz CT molecular complexity index is 880. The van der Waals surface area contributed by atoms with E-state index in [-0.39, 0.29) is 13.2 Å². The van der Waals surface area contributed by atoms with Crippen LogP contribution in [-0.4, -0.2) is 24.6 Å². The first-order valence-electron chi connectivity index (χ1n) is 9.20. The molecule has 3 aromatic rings.